The van der Waals surface area contributed by atoms with Gasteiger partial charge >= 0.3 is 0 Å². The molecular weight excluding hydrogens is 422 g/mol. The van der Waals surface area contributed by atoms with Gasteiger partial charge < -0.3 is 10.1 Å². The molecule has 1 aromatic heterocycles. The van der Waals surface area contributed by atoms with Gasteiger partial charge in [-0.25, -0.2) is 4.98 Å². The molecule has 0 unspecified atom stereocenters. The number of nitrogens with one attached hydrogen (secondary N) is 1. The van der Waals surface area contributed by atoms with Gasteiger partial charge in [0, 0.05) is 12.6 Å². The van der Waals surface area contributed by atoms with Crippen molar-refractivity contribution in [1.82, 2.24) is 14.9 Å². The van der Waals surface area contributed by atoms with Crippen molar-refractivity contribution in [3.8, 4) is 11.4 Å². The van der Waals surface area contributed by atoms with E-state index in [4.69, 9.17) is 4.74 Å². The minimum absolute atomic E-state index is 0.129. The largest absolute Gasteiger partial charge is 0.497 e. The molecule has 3 aromatic carbocycles. The number of hydrogen-bond donors (Lipinski definition) is 1. The second-order valence-electron chi connectivity index (χ2n) is 7.30. The molecule has 0 spiro atoms. The Balaban J connectivity index is 1.60. The van der Waals surface area contributed by atoms with Crippen LogP contribution in [-0.4, -0.2) is 28.3 Å². The number of aromatic nitrogens is 2. The molecule has 4 rings (SSSR count). The van der Waals surface area contributed by atoms with Crippen molar-refractivity contribution in [2.24, 2.45) is 0 Å². The topological polar surface area (TPSA) is 73.2 Å². The first-order chi connectivity index (χ1) is 15.5. The number of thioether (sulfide) groups is 1. The number of nitrogens with zero attached hydrogens (tertiary/aromatic N) is 2. The van der Waals surface area contributed by atoms with Crippen LogP contribution in [0.4, 0.5) is 0 Å². The molecule has 0 bridgehead atoms. The number of carbonyl (C=O) groups excluding carboxylic acids is 1. The molecule has 0 saturated heterocycles. The van der Waals surface area contributed by atoms with Gasteiger partial charge in [0.05, 0.1) is 29.5 Å². The molecular formula is C25H23N3O3S. The number of amides is 1. The van der Waals surface area contributed by atoms with Crippen molar-refractivity contribution in [1.29, 1.82) is 0 Å². The molecule has 0 aliphatic carbocycles. The van der Waals surface area contributed by atoms with Gasteiger partial charge in [-0.05, 0) is 36.8 Å². The van der Waals surface area contributed by atoms with Crippen molar-refractivity contribution in [2.75, 3.05) is 12.9 Å². The maximum Gasteiger partial charge on any atom is 0.266 e. The van der Waals surface area contributed by atoms with Crippen molar-refractivity contribution in [2.45, 2.75) is 18.6 Å². The quantitative estimate of drug-likeness (QED) is 0.342. The Morgan fingerprint density at radius 1 is 1.06 bits per heavy atom. The van der Waals surface area contributed by atoms with Gasteiger partial charge in [0.2, 0.25) is 5.91 Å². The molecule has 0 fully saturated rings. The van der Waals surface area contributed by atoms with E-state index in [1.807, 2.05) is 61.5 Å². The van der Waals surface area contributed by atoms with Gasteiger partial charge in [0.1, 0.15) is 5.75 Å². The van der Waals surface area contributed by atoms with E-state index in [0.29, 0.717) is 34.0 Å². The van der Waals surface area contributed by atoms with Crippen molar-refractivity contribution in [3.63, 3.8) is 0 Å². The molecule has 32 heavy (non-hydrogen) atoms. The molecule has 0 saturated carbocycles. The summed E-state index contributed by atoms with van der Waals surface area (Å²) in [4.78, 5) is 30.5. The fourth-order valence-corrected chi connectivity index (χ4v) is 4.12. The third-order valence-corrected chi connectivity index (χ3v) is 5.94. The summed E-state index contributed by atoms with van der Waals surface area (Å²) in [6.07, 6.45) is 0. The summed E-state index contributed by atoms with van der Waals surface area (Å²) < 4.78 is 6.85. The first-order valence-electron chi connectivity index (χ1n) is 10.2. The van der Waals surface area contributed by atoms with E-state index in [9.17, 15) is 9.59 Å². The van der Waals surface area contributed by atoms with Gasteiger partial charge in [0.25, 0.3) is 5.56 Å². The Labute approximate surface area is 190 Å². The summed E-state index contributed by atoms with van der Waals surface area (Å²) in [6.45, 7) is 2.48. The minimum Gasteiger partial charge on any atom is -0.497 e. The zero-order valence-corrected chi connectivity index (χ0v) is 18.7. The van der Waals surface area contributed by atoms with Gasteiger partial charge in [-0.2, -0.15) is 0 Å². The van der Waals surface area contributed by atoms with Gasteiger partial charge in [-0.15, -0.1) is 0 Å². The second-order valence-corrected chi connectivity index (χ2v) is 8.25. The number of carbonyl (C=O) groups is 1. The summed E-state index contributed by atoms with van der Waals surface area (Å²) in [6, 6.07) is 22.5. The van der Waals surface area contributed by atoms with E-state index in [2.05, 4.69) is 10.3 Å². The van der Waals surface area contributed by atoms with E-state index >= 15 is 0 Å². The molecule has 7 heteroatoms. The first kappa shape index (κ1) is 21.6. The minimum atomic E-state index is -0.189. The van der Waals surface area contributed by atoms with Crippen LogP contribution < -0.4 is 15.6 Å². The van der Waals surface area contributed by atoms with Crippen LogP contribution in [0, 0.1) is 6.92 Å². The van der Waals surface area contributed by atoms with Crippen LogP contribution in [0.3, 0.4) is 0 Å². The smallest absolute Gasteiger partial charge is 0.266 e. The Bertz CT molecular complexity index is 1320. The monoisotopic (exact) mass is 445 g/mol. The second kappa shape index (κ2) is 9.70. The number of benzene rings is 3. The summed E-state index contributed by atoms with van der Waals surface area (Å²) >= 11 is 1.23. The predicted octanol–water partition coefficient (Wildman–Crippen LogP) is 4.11. The van der Waals surface area contributed by atoms with Crippen LogP contribution in [0.25, 0.3) is 16.6 Å². The number of para-hydroxylation sites is 1. The van der Waals surface area contributed by atoms with Crippen LogP contribution in [0.1, 0.15) is 11.1 Å². The lowest BCUT2D eigenvalue weighted by atomic mass is 10.1. The molecule has 1 N–H and O–H groups in total. The lowest BCUT2D eigenvalue weighted by Gasteiger charge is -2.14. The molecule has 0 radical (unpaired) electrons. The predicted molar refractivity (Wildman–Crippen MR) is 128 cm³/mol. The number of aryl methyl sites for hydroxylation is 1. The van der Waals surface area contributed by atoms with Gasteiger partial charge in [-0.3, -0.25) is 14.2 Å². The maximum atomic E-state index is 13.3. The Kier molecular flexibility index (Phi) is 6.56. The van der Waals surface area contributed by atoms with Crippen LogP contribution in [-0.2, 0) is 11.3 Å². The fraction of sp³-hybridized carbons (Fsp3) is 0.160. The van der Waals surface area contributed by atoms with Crippen molar-refractivity contribution in [3.05, 3.63) is 94.3 Å². The normalized spacial score (nSPS) is 10.8. The standard InChI is InChI=1S/C25H23N3O3S/c1-17-10-12-18(13-11-17)15-26-23(29)16-32-25-27-22-9-4-3-8-21(22)24(30)28(25)19-6-5-7-20(14-19)31-2/h3-14H,15-16H2,1-2H3,(H,26,29). The highest BCUT2D eigenvalue weighted by atomic mass is 32.2. The molecule has 6 nitrogen and oxygen atoms in total. The maximum absolute atomic E-state index is 13.3. The lowest BCUT2D eigenvalue weighted by Crippen LogP contribution is -2.26. The average molecular weight is 446 g/mol. The van der Waals surface area contributed by atoms with Crippen LogP contribution in [0.15, 0.2) is 82.7 Å². The Morgan fingerprint density at radius 3 is 2.62 bits per heavy atom. The molecule has 4 aromatic rings. The summed E-state index contributed by atoms with van der Waals surface area (Å²) in [5, 5.41) is 3.89. The number of ether oxygens (including phenoxy) is 1. The van der Waals surface area contributed by atoms with Crippen LogP contribution >= 0.6 is 11.8 Å². The molecule has 0 aliphatic heterocycles. The number of methoxy groups -OCH3 is 1. The fourth-order valence-electron chi connectivity index (χ4n) is 3.27. The molecule has 0 atom stereocenters. The third kappa shape index (κ3) is 4.84. The molecule has 1 amide bonds. The Hall–Kier alpha value is -3.58. The molecule has 1 heterocycles. The van der Waals surface area contributed by atoms with E-state index in [-0.39, 0.29) is 17.2 Å². The van der Waals surface area contributed by atoms with Gasteiger partial charge in [0.15, 0.2) is 5.16 Å². The van der Waals surface area contributed by atoms with Crippen molar-refractivity contribution >= 4 is 28.6 Å². The van der Waals surface area contributed by atoms with Crippen LogP contribution in [0.5, 0.6) is 5.75 Å². The SMILES string of the molecule is COc1cccc(-n2c(SCC(=O)NCc3ccc(C)cc3)nc3ccccc3c2=O)c1. The zero-order valence-electron chi connectivity index (χ0n) is 17.9. The summed E-state index contributed by atoms with van der Waals surface area (Å²) in [5.41, 5.74) is 3.25. The lowest BCUT2D eigenvalue weighted by molar-refractivity contribution is -0.118. The van der Waals surface area contributed by atoms with Crippen molar-refractivity contribution < 1.29 is 9.53 Å². The van der Waals surface area contributed by atoms with E-state index in [1.165, 1.54) is 21.9 Å². The average Bonchev–Trinajstić information content (AvgIpc) is 2.82. The number of fused-ring (bicyclic) bond motifs is 1. The van der Waals surface area contributed by atoms with E-state index in [1.54, 1.807) is 25.3 Å². The van der Waals surface area contributed by atoms with E-state index in [0.717, 1.165) is 5.56 Å². The summed E-state index contributed by atoms with van der Waals surface area (Å²) in [7, 11) is 1.58. The number of rotatable bonds is 7. The highest BCUT2D eigenvalue weighted by Gasteiger charge is 2.15. The first-order valence-corrected chi connectivity index (χ1v) is 11.1. The highest BCUT2D eigenvalue weighted by Crippen LogP contribution is 2.23. The Morgan fingerprint density at radius 2 is 1.84 bits per heavy atom. The number of hydrogen-bond acceptors (Lipinski definition) is 5. The molecule has 0 aliphatic rings. The highest BCUT2D eigenvalue weighted by molar-refractivity contribution is 7.99. The molecule has 162 valence electrons. The summed E-state index contributed by atoms with van der Waals surface area (Å²) in [5.74, 6) is 0.644. The van der Waals surface area contributed by atoms with Gasteiger partial charge in [-0.1, -0.05) is 59.8 Å². The zero-order chi connectivity index (χ0) is 22.5. The van der Waals surface area contributed by atoms with Crippen LogP contribution in [0.2, 0.25) is 0 Å². The van der Waals surface area contributed by atoms with E-state index < -0.39 is 0 Å². The third-order valence-electron chi connectivity index (χ3n) is 5.00.